The van der Waals surface area contributed by atoms with Crippen LogP contribution < -0.4 is 15.4 Å². The third-order valence-corrected chi connectivity index (χ3v) is 6.36. The van der Waals surface area contributed by atoms with E-state index in [9.17, 15) is 18.0 Å². The molecule has 2 aromatic carbocycles. The molecule has 3 N–H and O–H groups in total. The van der Waals surface area contributed by atoms with Crippen LogP contribution in [0.15, 0.2) is 52.3 Å². The number of carbonyl (C=O) groups is 2. The molecule has 0 saturated carbocycles. The lowest BCUT2D eigenvalue weighted by Gasteiger charge is -2.16. The molecule has 1 unspecified atom stereocenters. The topological polar surface area (TPSA) is 104 Å². The highest BCUT2D eigenvalue weighted by atomic mass is 32.2. The van der Waals surface area contributed by atoms with E-state index in [4.69, 9.17) is 0 Å². The fourth-order valence-electron chi connectivity index (χ4n) is 2.52. The lowest BCUT2D eigenvalue weighted by molar-refractivity contribution is -0.114. The van der Waals surface area contributed by atoms with Crippen LogP contribution in [0, 0.1) is 0 Å². The van der Waals surface area contributed by atoms with Gasteiger partial charge < -0.3 is 10.6 Å². The van der Waals surface area contributed by atoms with E-state index in [1.807, 2.05) is 20.1 Å². The highest BCUT2D eigenvalue weighted by molar-refractivity contribution is 7.98. The molecule has 9 heteroatoms. The number of rotatable bonds is 8. The first-order chi connectivity index (χ1) is 13.7. The van der Waals surface area contributed by atoms with Gasteiger partial charge in [-0.25, -0.2) is 8.42 Å². The van der Waals surface area contributed by atoms with Crippen molar-refractivity contribution < 1.29 is 18.0 Å². The maximum atomic E-state index is 12.9. The summed E-state index contributed by atoms with van der Waals surface area (Å²) in [6.45, 7) is 5.18. The van der Waals surface area contributed by atoms with Gasteiger partial charge in [-0.2, -0.15) is 0 Å². The summed E-state index contributed by atoms with van der Waals surface area (Å²) in [5.74, 6) is -0.649. The van der Waals surface area contributed by atoms with Gasteiger partial charge in [0.25, 0.3) is 15.9 Å². The first-order valence-corrected chi connectivity index (χ1v) is 11.8. The van der Waals surface area contributed by atoms with E-state index in [2.05, 4.69) is 15.4 Å². The van der Waals surface area contributed by atoms with Gasteiger partial charge in [0.1, 0.15) is 0 Å². The Hall–Kier alpha value is -2.52. The smallest absolute Gasteiger partial charge is 0.261 e. The number of para-hydroxylation sites is 1. The number of sulfonamides is 1. The fourth-order valence-corrected chi connectivity index (χ4v) is 4.16. The molecule has 2 aromatic rings. The van der Waals surface area contributed by atoms with E-state index in [0.29, 0.717) is 5.69 Å². The average Bonchev–Trinajstić information content (AvgIpc) is 2.67. The molecule has 29 heavy (non-hydrogen) atoms. The van der Waals surface area contributed by atoms with Gasteiger partial charge in [0.05, 0.1) is 21.8 Å². The predicted octanol–water partition coefficient (Wildman–Crippen LogP) is 3.70. The van der Waals surface area contributed by atoms with Gasteiger partial charge in [-0.15, -0.1) is 11.8 Å². The first kappa shape index (κ1) is 22.8. The molecule has 2 rings (SSSR count). The van der Waals surface area contributed by atoms with Gasteiger partial charge in [0, 0.05) is 17.9 Å². The molecule has 0 radical (unpaired) electrons. The standard InChI is InChI=1S/C20H25N3O4S2/c1-5-13(2)21-20(25)16-8-6-7-9-17(16)23-29(26,27)15-10-11-19(28-4)18(12-15)22-14(3)24/h6-13,23H,5H2,1-4H3,(H,21,25)(H,22,24). The van der Waals surface area contributed by atoms with Crippen LogP contribution in [0.1, 0.15) is 37.6 Å². The van der Waals surface area contributed by atoms with E-state index in [1.54, 1.807) is 24.3 Å². The van der Waals surface area contributed by atoms with Crippen LogP contribution in [0.5, 0.6) is 0 Å². The van der Waals surface area contributed by atoms with Gasteiger partial charge in [-0.05, 0) is 49.9 Å². The second-order valence-electron chi connectivity index (χ2n) is 6.48. The molecule has 7 nitrogen and oxygen atoms in total. The van der Waals surface area contributed by atoms with Crippen LogP contribution in [-0.2, 0) is 14.8 Å². The molecule has 0 aliphatic carbocycles. The van der Waals surface area contributed by atoms with Crippen molar-refractivity contribution in [3.05, 3.63) is 48.0 Å². The van der Waals surface area contributed by atoms with Crippen molar-refractivity contribution in [1.82, 2.24) is 5.32 Å². The van der Waals surface area contributed by atoms with Crippen molar-refractivity contribution in [3.8, 4) is 0 Å². The Morgan fingerprint density at radius 3 is 2.41 bits per heavy atom. The van der Waals surface area contributed by atoms with Crippen molar-refractivity contribution in [2.45, 2.75) is 43.0 Å². The van der Waals surface area contributed by atoms with E-state index < -0.39 is 10.0 Å². The van der Waals surface area contributed by atoms with E-state index >= 15 is 0 Å². The molecule has 0 spiro atoms. The molecule has 156 valence electrons. The van der Waals surface area contributed by atoms with E-state index in [0.717, 1.165) is 11.3 Å². The van der Waals surface area contributed by atoms with Crippen molar-refractivity contribution in [2.75, 3.05) is 16.3 Å². The minimum atomic E-state index is -3.98. The summed E-state index contributed by atoms with van der Waals surface area (Å²) >= 11 is 1.39. The summed E-state index contributed by atoms with van der Waals surface area (Å²) < 4.78 is 28.3. The Labute approximate surface area is 175 Å². The molecule has 2 amide bonds. The summed E-state index contributed by atoms with van der Waals surface area (Å²) in [5.41, 5.74) is 0.832. The highest BCUT2D eigenvalue weighted by Crippen LogP contribution is 2.29. The third-order valence-electron chi connectivity index (χ3n) is 4.20. The molecular weight excluding hydrogens is 410 g/mol. The van der Waals surface area contributed by atoms with Gasteiger partial charge in [0.2, 0.25) is 5.91 Å². The highest BCUT2D eigenvalue weighted by Gasteiger charge is 2.20. The number of anilines is 2. The van der Waals surface area contributed by atoms with Crippen LogP contribution in [-0.4, -0.2) is 32.5 Å². The zero-order valence-electron chi connectivity index (χ0n) is 16.8. The Balaban J connectivity index is 2.37. The maximum Gasteiger partial charge on any atom is 0.261 e. The average molecular weight is 436 g/mol. The summed E-state index contributed by atoms with van der Waals surface area (Å²) in [6.07, 6.45) is 2.59. The lowest BCUT2D eigenvalue weighted by Crippen LogP contribution is -2.32. The molecule has 0 aromatic heterocycles. The summed E-state index contributed by atoms with van der Waals surface area (Å²) in [7, 11) is -3.98. The molecular formula is C20H25N3O4S2. The van der Waals surface area contributed by atoms with Crippen LogP contribution >= 0.6 is 11.8 Å². The normalized spacial score (nSPS) is 12.1. The quantitative estimate of drug-likeness (QED) is 0.549. The molecule has 0 aliphatic rings. The Bertz CT molecular complexity index is 1010. The lowest BCUT2D eigenvalue weighted by atomic mass is 10.1. The molecule has 0 heterocycles. The number of hydrogen-bond donors (Lipinski definition) is 3. The van der Waals surface area contributed by atoms with Gasteiger partial charge in [-0.3, -0.25) is 14.3 Å². The molecule has 1 atom stereocenters. The predicted molar refractivity (Wildman–Crippen MR) is 117 cm³/mol. The second-order valence-corrected chi connectivity index (χ2v) is 9.01. The molecule has 0 aliphatic heterocycles. The minimum Gasteiger partial charge on any atom is -0.350 e. The van der Waals surface area contributed by atoms with Gasteiger partial charge in [0.15, 0.2) is 0 Å². The van der Waals surface area contributed by atoms with E-state index in [-0.39, 0.29) is 34.0 Å². The van der Waals surface area contributed by atoms with Crippen molar-refractivity contribution >= 4 is 45.0 Å². The van der Waals surface area contributed by atoms with Crippen LogP contribution in [0.3, 0.4) is 0 Å². The number of amides is 2. The summed E-state index contributed by atoms with van der Waals surface area (Å²) in [6, 6.07) is 10.9. The fraction of sp³-hybridized carbons (Fsp3) is 0.300. The number of thioether (sulfide) groups is 1. The monoisotopic (exact) mass is 435 g/mol. The Kier molecular flexibility index (Phi) is 7.69. The number of benzene rings is 2. The van der Waals surface area contributed by atoms with E-state index in [1.165, 1.54) is 36.9 Å². The second kappa shape index (κ2) is 9.80. The maximum absolute atomic E-state index is 12.9. The zero-order valence-corrected chi connectivity index (χ0v) is 18.4. The summed E-state index contributed by atoms with van der Waals surface area (Å²) in [5, 5.41) is 5.48. The minimum absolute atomic E-state index is 0.0174. The Morgan fingerprint density at radius 2 is 1.79 bits per heavy atom. The largest absolute Gasteiger partial charge is 0.350 e. The van der Waals surface area contributed by atoms with Crippen molar-refractivity contribution in [1.29, 1.82) is 0 Å². The third kappa shape index (κ3) is 5.98. The Morgan fingerprint density at radius 1 is 1.10 bits per heavy atom. The van der Waals surface area contributed by atoms with Crippen LogP contribution in [0.2, 0.25) is 0 Å². The van der Waals surface area contributed by atoms with Crippen molar-refractivity contribution in [2.24, 2.45) is 0 Å². The number of nitrogens with one attached hydrogen (secondary N) is 3. The van der Waals surface area contributed by atoms with Crippen molar-refractivity contribution in [3.63, 3.8) is 0 Å². The van der Waals surface area contributed by atoms with Crippen LogP contribution in [0.25, 0.3) is 0 Å². The zero-order chi connectivity index (χ0) is 21.6. The number of carbonyl (C=O) groups excluding carboxylic acids is 2. The van der Waals surface area contributed by atoms with Gasteiger partial charge >= 0.3 is 0 Å². The molecule has 0 fully saturated rings. The van der Waals surface area contributed by atoms with Crippen LogP contribution in [0.4, 0.5) is 11.4 Å². The first-order valence-electron chi connectivity index (χ1n) is 9.06. The summed E-state index contributed by atoms with van der Waals surface area (Å²) in [4.78, 5) is 24.7. The molecule has 0 saturated heterocycles. The van der Waals surface area contributed by atoms with Gasteiger partial charge in [-0.1, -0.05) is 19.1 Å². The SMILES string of the molecule is CCC(C)NC(=O)c1ccccc1NS(=O)(=O)c1ccc(SC)c(NC(C)=O)c1. The number of hydrogen-bond acceptors (Lipinski definition) is 5. The molecule has 0 bridgehead atoms.